The molecule has 0 aliphatic carbocycles. The molecule has 0 atom stereocenters. The van der Waals surface area contributed by atoms with Crippen LogP contribution in [0.15, 0.2) is 34.2 Å². The van der Waals surface area contributed by atoms with Gasteiger partial charge in [0.15, 0.2) is 5.82 Å². The van der Waals surface area contributed by atoms with E-state index in [1.165, 1.54) is 36.3 Å². The summed E-state index contributed by atoms with van der Waals surface area (Å²) in [6.45, 7) is 0. The molecular formula is C10H10BrN5O3S. The summed E-state index contributed by atoms with van der Waals surface area (Å²) in [6.07, 6.45) is 3.91. The van der Waals surface area contributed by atoms with Crippen LogP contribution in [-0.2, 0) is 17.1 Å². The van der Waals surface area contributed by atoms with E-state index >= 15 is 0 Å². The number of hydrogen-bond acceptors (Lipinski definition) is 5. The molecule has 2 rings (SSSR count). The molecule has 0 fully saturated rings. The monoisotopic (exact) mass is 359 g/mol. The highest BCUT2D eigenvalue weighted by atomic mass is 79.9. The minimum atomic E-state index is -3.86. The normalized spacial score (nSPS) is 11.3. The molecule has 8 nitrogen and oxygen atoms in total. The van der Waals surface area contributed by atoms with Crippen molar-refractivity contribution in [2.24, 2.45) is 12.8 Å². The second kappa shape index (κ2) is 5.21. The zero-order chi connectivity index (χ0) is 14.9. The summed E-state index contributed by atoms with van der Waals surface area (Å²) in [5.74, 6) is -0.643. The smallest absolute Gasteiger partial charge is 0.265 e. The lowest BCUT2D eigenvalue weighted by molar-refractivity contribution is 0.0992. The van der Waals surface area contributed by atoms with Crippen LogP contribution in [0.2, 0.25) is 0 Å². The van der Waals surface area contributed by atoms with Gasteiger partial charge in [0.05, 0.1) is 12.4 Å². The van der Waals surface area contributed by atoms with Gasteiger partial charge in [0, 0.05) is 13.2 Å². The van der Waals surface area contributed by atoms with Gasteiger partial charge in [-0.15, -0.1) is 0 Å². The number of sulfonamides is 1. The van der Waals surface area contributed by atoms with Gasteiger partial charge in [0.25, 0.3) is 15.9 Å². The maximum atomic E-state index is 12.1. The van der Waals surface area contributed by atoms with Crippen molar-refractivity contribution < 1.29 is 13.2 Å². The minimum absolute atomic E-state index is 0.0673. The molecule has 2 aromatic rings. The van der Waals surface area contributed by atoms with E-state index in [9.17, 15) is 13.2 Å². The predicted molar refractivity (Wildman–Crippen MR) is 74.5 cm³/mol. The molecule has 0 aromatic carbocycles. The molecule has 10 heteroatoms. The van der Waals surface area contributed by atoms with Crippen molar-refractivity contribution in [3.8, 4) is 0 Å². The fraction of sp³-hybridized carbons (Fsp3) is 0.100. The Bertz CT molecular complexity index is 754. The summed E-state index contributed by atoms with van der Waals surface area (Å²) < 4.78 is 28.3. The number of carbonyl (C=O) groups excluding carboxylic acids is 1. The lowest BCUT2D eigenvalue weighted by atomic mass is 10.4. The van der Waals surface area contributed by atoms with Crippen molar-refractivity contribution in [2.45, 2.75) is 4.90 Å². The third-order valence-electron chi connectivity index (χ3n) is 2.40. The second-order valence-electron chi connectivity index (χ2n) is 3.87. The molecule has 0 saturated carbocycles. The number of halogens is 1. The Labute approximate surface area is 123 Å². The maximum absolute atomic E-state index is 12.1. The van der Waals surface area contributed by atoms with Gasteiger partial charge < -0.3 is 10.3 Å². The minimum Gasteiger partial charge on any atom is -0.364 e. The Morgan fingerprint density at radius 1 is 1.40 bits per heavy atom. The first-order valence-corrected chi connectivity index (χ1v) is 7.54. The number of aryl methyl sites for hydroxylation is 1. The molecule has 0 bridgehead atoms. The average Bonchev–Trinajstić information content (AvgIpc) is 2.75. The number of carbonyl (C=O) groups is 1. The summed E-state index contributed by atoms with van der Waals surface area (Å²) in [4.78, 5) is 18.7. The predicted octanol–water partition coefficient (Wildman–Crippen LogP) is 0.477. The Morgan fingerprint density at radius 2 is 2.10 bits per heavy atom. The van der Waals surface area contributed by atoms with Crippen LogP contribution in [0.3, 0.4) is 0 Å². The third kappa shape index (κ3) is 2.96. The zero-order valence-electron chi connectivity index (χ0n) is 10.2. The highest BCUT2D eigenvalue weighted by Gasteiger charge is 2.20. The SMILES string of the molecule is Cn1cc(S(=O)(=O)Nc2cnc(Br)cn2)cc1C(N)=O. The number of nitrogens with zero attached hydrogens (tertiary/aromatic N) is 3. The van der Waals surface area contributed by atoms with Gasteiger partial charge in [0.1, 0.15) is 15.2 Å². The van der Waals surface area contributed by atoms with Crippen LogP contribution in [-0.4, -0.2) is 28.9 Å². The molecule has 2 heterocycles. The van der Waals surface area contributed by atoms with Crippen molar-refractivity contribution in [2.75, 3.05) is 4.72 Å². The van der Waals surface area contributed by atoms with Gasteiger partial charge in [-0.05, 0) is 22.0 Å². The number of primary amides is 1. The summed E-state index contributed by atoms with van der Waals surface area (Å²) >= 11 is 3.09. The Morgan fingerprint density at radius 3 is 2.60 bits per heavy atom. The number of nitrogens with one attached hydrogen (secondary N) is 1. The molecule has 0 saturated heterocycles. The first kappa shape index (κ1) is 14.5. The van der Waals surface area contributed by atoms with E-state index < -0.39 is 15.9 Å². The Balaban J connectivity index is 2.33. The van der Waals surface area contributed by atoms with Crippen LogP contribution >= 0.6 is 15.9 Å². The van der Waals surface area contributed by atoms with E-state index in [0.29, 0.717) is 4.60 Å². The average molecular weight is 360 g/mol. The molecule has 0 aliphatic heterocycles. The molecule has 0 aliphatic rings. The quantitative estimate of drug-likeness (QED) is 0.822. The maximum Gasteiger partial charge on any atom is 0.265 e. The van der Waals surface area contributed by atoms with Gasteiger partial charge in [-0.25, -0.2) is 18.4 Å². The van der Waals surface area contributed by atoms with Crippen molar-refractivity contribution >= 4 is 37.7 Å². The Kier molecular flexibility index (Phi) is 3.77. The number of hydrogen-bond donors (Lipinski definition) is 2. The summed E-state index contributed by atoms with van der Waals surface area (Å²) in [7, 11) is -2.33. The second-order valence-corrected chi connectivity index (χ2v) is 6.36. The van der Waals surface area contributed by atoms with Gasteiger partial charge >= 0.3 is 0 Å². The van der Waals surface area contributed by atoms with E-state index in [1.54, 1.807) is 0 Å². The topological polar surface area (TPSA) is 120 Å². The van der Waals surface area contributed by atoms with Crippen LogP contribution in [0.25, 0.3) is 0 Å². The first-order valence-electron chi connectivity index (χ1n) is 5.26. The molecule has 1 amide bonds. The van der Waals surface area contributed by atoms with Crippen molar-refractivity contribution in [1.29, 1.82) is 0 Å². The van der Waals surface area contributed by atoms with Gasteiger partial charge in [-0.2, -0.15) is 0 Å². The molecular weight excluding hydrogens is 350 g/mol. The standard InChI is InChI=1S/C10H10BrN5O3S/c1-16-5-6(2-7(16)10(12)17)20(18,19)15-9-4-13-8(11)3-14-9/h2-5H,1H3,(H2,12,17)(H,14,15). The molecule has 0 spiro atoms. The van der Waals surface area contributed by atoms with Gasteiger partial charge in [-0.1, -0.05) is 0 Å². The first-order chi connectivity index (χ1) is 9.29. The summed E-state index contributed by atoms with van der Waals surface area (Å²) in [5.41, 5.74) is 5.23. The van der Waals surface area contributed by atoms with Gasteiger partial charge in [0.2, 0.25) is 0 Å². The van der Waals surface area contributed by atoms with Crippen LogP contribution in [0.1, 0.15) is 10.5 Å². The molecule has 20 heavy (non-hydrogen) atoms. The molecule has 106 valence electrons. The van der Waals surface area contributed by atoms with E-state index in [2.05, 4.69) is 30.6 Å². The summed E-state index contributed by atoms with van der Waals surface area (Å²) in [6, 6.07) is 1.19. The summed E-state index contributed by atoms with van der Waals surface area (Å²) in [5, 5.41) is 0. The fourth-order valence-electron chi connectivity index (χ4n) is 1.49. The van der Waals surface area contributed by atoms with E-state index in [0.717, 1.165) is 0 Å². The number of anilines is 1. The van der Waals surface area contributed by atoms with E-state index in [4.69, 9.17) is 5.73 Å². The molecule has 2 aromatic heterocycles. The van der Waals surface area contributed by atoms with Crippen LogP contribution in [0, 0.1) is 0 Å². The molecule has 0 unspecified atom stereocenters. The highest BCUT2D eigenvalue weighted by Crippen LogP contribution is 2.17. The lowest BCUT2D eigenvalue weighted by Crippen LogP contribution is -2.14. The number of aromatic nitrogens is 3. The van der Waals surface area contributed by atoms with E-state index in [-0.39, 0.29) is 16.4 Å². The number of nitrogens with two attached hydrogens (primary N) is 1. The van der Waals surface area contributed by atoms with Crippen LogP contribution in [0.4, 0.5) is 5.82 Å². The van der Waals surface area contributed by atoms with Gasteiger partial charge in [-0.3, -0.25) is 9.52 Å². The van der Waals surface area contributed by atoms with E-state index in [1.807, 2.05) is 0 Å². The zero-order valence-corrected chi connectivity index (χ0v) is 12.6. The fourth-order valence-corrected chi connectivity index (χ4v) is 2.75. The molecule has 3 N–H and O–H groups in total. The van der Waals surface area contributed by atoms with Crippen LogP contribution in [0.5, 0.6) is 0 Å². The van der Waals surface area contributed by atoms with Crippen molar-refractivity contribution in [3.05, 3.63) is 35.0 Å². The lowest BCUT2D eigenvalue weighted by Gasteiger charge is -2.04. The highest BCUT2D eigenvalue weighted by molar-refractivity contribution is 9.10. The number of rotatable bonds is 4. The Hall–Kier alpha value is -1.94. The largest absolute Gasteiger partial charge is 0.364 e. The third-order valence-corrected chi connectivity index (χ3v) is 4.13. The molecule has 0 radical (unpaired) electrons. The number of amides is 1. The van der Waals surface area contributed by atoms with Crippen molar-refractivity contribution in [1.82, 2.24) is 14.5 Å². The van der Waals surface area contributed by atoms with Crippen molar-refractivity contribution in [3.63, 3.8) is 0 Å². The van der Waals surface area contributed by atoms with Crippen LogP contribution < -0.4 is 10.5 Å².